The summed E-state index contributed by atoms with van der Waals surface area (Å²) in [5.74, 6) is -0.327. The number of carboxylic acid groups (broad SMARTS) is 1. The molecule has 16 heavy (non-hydrogen) atoms. The van der Waals surface area contributed by atoms with Gasteiger partial charge in [-0.05, 0) is 44.7 Å². The quantitative estimate of drug-likeness (QED) is 0.832. The molecule has 0 spiro atoms. The Kier molecular flexibility index (Phi) is 3.22. The van der Waals surface area contributed by atoms with Gasteiger partial charge in [0.05, 0.1) is 5.92 Å². The second kappa shape index (κ2) is 4.64. The van der Waals surface area contributed by atoms with Gasteiger partial charge in [0.25, 0.3) is 0 Å². The molecule has 1 aromatic heterocycles. The fourth-order valence-corrected chi connectivity index (χ4v) is 2.43. The third-order valence-corrected chi connectivity index (χ3v) is 3.40. The van der Waals surface area contributed by atoms with Crippen LogP contribution in [0.4, 0.5) is 0 Å². The highest BCUT2D eigenvalue weighted by atomic mass is 16.4. The fourth-order valence-electron chi connectivity index (χ4n) is 2.43. The normalized spacial score (nSPS) is 25.3. The van der Waals surface area contributed by atoms with E-state index in [1.54, 1.807) is 0 Å². The summed E-state index contributed by atoms with van der Waals surface area (Å²) in [7, 11) is 0. The number of aliphatic carboxylic acids is 1. The lowest BCUT2D eigenvalue weighted by molar-refractivity contribution is -0.142. The van der Waals surface area contributed by atoms with Crippen molar-refractivity contribution in [1.82, 2.24) is 4.98 Å². The average Bonchev–Trinajstić information content (AvgIpc) is 2.29. The van der Waals surface area contributed by atoms with E-state index in [1.165, 1.54) is 0 Å². The van der Waals surface area contributed by atoms with Gasteiger partial charge >= 0.3 is 5.97 Å². The zero-order valence-corrected chi connectivity index (χ0v) is 9.52. The third kappa shape index (κ3) is 2.40. The lowest BCUT2D eigenvalue weighted by Crippen LogP contribution is -2.21. The van der Waals surface area contributed by atoms with E-state index in [0.29, 0.717) is 5.92 Å². The Bertz CT molecular complexity index is 381. The first-order valence-corrected chi connectivity index (χ1v) is 5.83. The van der Waals surface area contributed by atoms with Crippen molar-refractivity contribution in [3.05, 3.63) is 29.6 Å². The third-order valence-electron chi connectivity index (χ3n) is 3.40. The van der Waals surface area contributed by atoms with Gasteiger partial charge in [-0.1, -0.05) is 6.07 Å². The van der Waals surface area contributed by atoms with Crippen LogP contribution in [0.3, 0.4) is 0 Å². The molecule has 1 aliphatic rings. The number of nitrogens with zero attached hydrogens (tertiary/aromatic N) is 1. The molecule has 0 amide bonds. The Balaban J connectivity index is 2.01. The predicted molar refractivity (Wildman–Crippen MR) is 61.3 cm³/mol. The summed E-state index contributed by atoms with van der Waals surface area (Å²) in [6, 6.07) is 6.08. The van der Waals surface area contributed by atoms with E-state index < -0.39 is 5.97 Å². The molecule has 0 atom stereocenters. The predicted octanol–water partition coefficient (Wildman–Crippen LogP) is 2.75. The molecule has 0 saturated heterocycles. The summed E-state index contributed by atoms with van der Waals surface area (Å²) in [5, 5.41) is 8.92. The molecule has 1 aliphatic carbocycles. The molecule has 2 rings (SSSR count). The van der Waals surface area contributed by atoms with Gasteiger partial charge in [-0.3, -0.25) is 9.78 Å². The average molecular weight is 219 g/mol. The van der Waals surface area contributed by atoms with Crippen molar-refractivity contribution in [1.29, 1.82) is 0 Å². The summed E-state index contributed by atoms with van der Waals surface area (Å²) in [6.45, 7) is 1.99. The van der Waals surface area contributed by atoms with E-state index in [4.69, 9.17) is 5.11 Å². The number of hydrogen-bond acceptors (Lipinski definition) is 2. The number of hydrogen-bond donors (Lipinski definition) is 1. The van der Waals surface area contributed by atoms with Gasteiger partial charge in [0.1, 0.15) is 0 Å². The minimum Gasteiger partial charge on any atom is -0.481 e. The first-order chi connectivity index (χ1) is 7.66. The number of pyridine rings is 1. The maximum Gasteiger partial charge on any atom is 0.306 e. The standard InChI is InChI=1S/C13H17NO2/c1-9-3-2-4-12(14-9)10-5-7-11(8-6-10)13(15)16/h2-4,10-11H,5-8H2,1H3,(H,15,16). The fraction of sp³-hybridized carbons (Fsp3) is 0.538. The molecule has 1 saturated carbocycles. The molecule has 0 aliphatic heterocycles. The molecule has 86 valence electrons. The zero-order chi connectivity index (χ0) is 11.5. The Labute approximate surface area is 95.5 Å². The van der Waals surface area contributed by atoms with Crippen molar-refractivity contribution in [2.24, 2.45) is 5.92 Å². The van der Waals surface area contributed by atoms with Crippen LogP contribution in [0.2, 0.25) is 0 Å². The van der Waals surface area contributed by atoms with Crippen LogP contribution in [-0.2, 0) is 4.79 Å². The van der Waals surface area contributed by atoms with Crippen LogP contribution < -0.4 is 0 Å². The molecule has 0 aromatic carbocycles. The lowest BCUT2D eigenvalue weighted by atomic mass is 9.80. The van der Waals surface area contributed by atoms with Crippen LogP contribution >= 0.6 is 0 Å². The first-order valence-electron chi connectivity index (χ1n) is 5.83. The summed E-state index contributed by atoms with van der Waals surface area (Å²) in [4.78, 5) is 15.4. The maximum atomic E-state index is 10.8. The number of rotatable bonds is 2. The largest absolute Gasteiger partial charge is 0.481 e. The summed E-state index contributed by atoms with van der Waals surface area (Å²) in [5.41, 5.74) is 2.17. The van der Waals surface area contributed by atoms with E-state index in [1.807, 2.05) is 19.1 Å². The van der Waals surface area contributed by atoms with Crippen molar-refractivity contribution in [2.45, 2.75) is 38.5 Å². The second-order valence-electron chi connectivity index (χ2n) is 4.59. The number of aryl methyl sites for hydroxylation is 1. The molecular formula is C13H17NO2. The molecule has 3 nitrogen and oxygen atoms in total. The molecular weight excluding hydrogens is 202 g/mol. The molecule has 1 fully saturated rings. The van der Waals surface area contributed by atoms with Gasteiger partial charge < -0.3 is 5.11 Å². The van der Waals surface area contributed by atoms with Gasteiger partial charge in [0, 0.05) is 17.3 Å². The monoisotopic (exact) mass is 219 g/mol. The molecule has 3 heteroatoms. The number of aromatic nitrogens is 1. The number of carboxylic acids is 1. The smallest absolute Gasteiger partial charge is 0.306 e. The maximum absolute atomic E-state index is 10.8. The van der Waals surface area contributed by atoms with E-state index >= 15 is 0 Å². The summed E-state index contributed by atoms with van der Waals surface area (Å²) >= 11 is 0. The Morgan fingerprint density at radius 3 is 2.56 bits per heavy atom. The molecule has 1 heterocycles. The van der Waals surface area contributed by atoms with Gasteiger partial charge in [-0.2, -0.15) is 0 Å². The van der Waals surface area contributed by atoms with Gasteiger partial charge in [-0.15, -0.1) is 0 Å². The molecule has 0 unspecified atom stereocenters. The van der Waals surface area contributed by atoms with Crippen molar-refractivity contribution in [3.63, 3.8) is 0 Å². The number of carbonyl (C=O) groups is 1. The summed E-state index contributed by atoms with van der Waals surface area (Å²) < 4.78 is 0. The van der Waals surface area contributed by atoms with Gasteiger partial charge in [0.2, 0.25) is 0 Å². The van der Waals surface area contributed by atoms with E-state index in [2.05, 4.69) is 11.1 Å². The summed E-state index contributed by atoms with van der Waals surface area (Å²) in [6.07, 6.45) is 3.48. The Hall–Kier alpha value is -1.38. The molecule has 1 aromatic rings. The molecule has 1 N–H and O–H groups in total. The highest BCUT2D eigenvalue weighted by Gasteiger charge is 2.27. The van der Waals surface area contributed by atoms with Crippen LogP contribution in [-0.4, -0.2) is 16.1 Å². The minimum atomic E-state index is -0.643. The van der Waals surface area contributed by atoms with Gasteiger partial charge in [0.15, 0.2) is 0 Å². The van der Waals surface area contributed by atoms with Gasteiger partial charge in [-0.25, -0.2) is 0 Å². The van der Waals surface area contributed by atoms with E-state index in [0.717, 1.165) is 37.1 Å². The topological polar surface area (TPSA) is 50.2 Å². The van der Waals surface area contributed by atoms with E-state index in [9.17, 15) is 4.79 Å². The molecule has 0 bridgehead atoms. The molecule has 0 radical (unpaired) electrons. The van der Waals surface area contributed by atoms with Crippen LogP contribution in [0.1, 0.15) is 43.0 Å². The zero-order valence-electron chi connectivity index (χ0n) is 9.52. The second-order valence-corrected chi connectivity index (χ2v) is 4.59. The Morgan fingerprint density at radius 2 is 2.00 bits per heavy atom. The minimum absolute atomic E-state index is 0.138. The first kappa shape index (κ1) is 11.1. The van der Waals surface area contributed by atoms with E-state index in [-0.39, 0.29) is 5.92 Å². The SMILES string of the molecule is Cc1cccc(C2CCC(C(=O)O)CC2)n1. The van der Waals surface area contributed by atoms with Crippen LogP contribution in [0.5, 0.6) is 0 Å². The van der Waals surface area contributed by atoms with Crippen LogP contribution in [0.15, 0.2) is 18.2 Å². The highest BCUT2D eigenvalue weighted by Crippen LogP contribution is 2.34. The highest BCUT2D eigenvalue weighted by molar-refractivity contribution is 5.70. The van der Waals surface area contributed by atoms with Crippen LogP contribution in [0.25, 0.3) is 0 Å². The van der Waals surface area contributed by atoms with Crippen molar-refractivity contribution in [3.8, 4) is 0 Å². The lowest BCUT2D eigenvalue weighted by Gasteiger charge is -2.25. The van der Waals surface area contributed by atoms with Crippen molar-refractivity contribution >= 4 is 5.97 Å². The van der Waals surface area contributed by atoms with Crippen molar-refractivity contribution < 1.29 is 9.90 Å². The van der Waals surface area contributed by atoms with Crippen molar-refractivity contribution in [2.75, 3.05) is 0 Å². The Morgan fingerprint density at radius 1 is 1.31 bits per heavy atom. The van der Waals surface area contributed by atoms with Crippen LogP contribution in [0, 0.1) is 12.8 Å².